The van der Waals surface area contributed by atoms with Gasteiger partial charge in [-0.25, -0.2) is 0 Å². The first-order valence-electron chi connectivity index (χ1n) is 8.35. The summed E-state index contributed by atoms with van der Waals surface area (Å²) in [5.41, 5.74) is 11.4. The van der Waals surface area contributed by atoms with E-state index < -0.39 is 5.60 Å². The summed E-state index contributed by atoms with van der Waals surface area (Å²) in [6, 6.07) is 20.3. The zero-order valence-corrected chi connectivity index (χ0v) is 13.9. The number of benzene rings is 3. The van der Waals surface area contributed by atoms with Gasteiger partial charge in [-0.15, -0.1) is 0 Å². The van der Waals surface area contributed by atoms with Crippen molar-refractivity contribution in [2.75, 3.05) is 18.1 Å². The first-order chi connectivity index (χ1) is 12.2. The van der Waals surface area contributed by atoms with Crippen LogP contribution in [-0.4, -0.2) is 7.05 Å². The Hall–Kier alpha value is -2.98. The van der Waals surface area contributed by atoms with Gasteiger partial charge >= 0.3 is 0 Å². The van der Waals surface area contributed by atoms with Crippen LogP contribution < -0.4 is 15.8 Å². The van der Waals surface area contributed by atoms with Crippen LogP contribution in [0.25, 0.3) is 0 Å². The van der Waals surface area contributed by atoms with Crippen molar-refractivity contribution in [3.63, 3.8) is 0 Å². The van der Waals surface area contributed by atoms with Gasteiger partial charge in [-0.2, -0.15) is 0 Å². The summed E-state index contributed by atoms with van der Waals surface area (Å²) >= 11 is 0. The van der Waals surface area contributed by atoms with E-state index in [1.165, 1.54) is 11.1 Å². The summed E-state index contributed by atoms with van der Waals surface area (Å²) in [5, 5.41) is 3.17. The van der Waals surface area contributed by atoms with E-state index in [1.807, 2.05) is 31.3 Å². The van der Waals surface area contributed by atoms with E-state index in [-0.39, 0.29) is 0 Å². The van der Waals surface area contributed by atoms with E-state index in [0.717, 1.165) is 28.3 Å². The minimum atomic E-state index is -0.653. The topological polar surface area (TPSA) is 56.5 Å². The molecule has 1 atom stereocenters. The van der Waals surface area contributed by atoms with Gasteiger partial charge in [0.25, 0.3) is 0 Å². The van der Waals surface area contributed by atoms with Crippen molar-refractivity contribution in [2.24, 2.45) is 0 Å². The average molecular weight is 330 g/mol. The third-order valence-electron chi connectivity index (χ3n) is 5.10. The van der Waals surface area contributed by atoms with Crippen molar-refractivity contribution in [3.8, 4) is 11.5 Å². The predicted molar refractivity (Wildman–Crippen MR) is 98.0 cm³/mol. The highest BCUT2D eigenvalue weighted by Crippen LogP contribution is 2.56. The Labute approximate surface area is 146 Å². The number of rotatable bonds is 1. The fourth-order valence-corrected chi connectivity index (χ4v) is 3.93. The van der Waals surface area contributed by atoms with Gasteiger partial charge in [0, 0.05) is 41.7 Å². The lowest BCUT2D eigenvalue weighted by molar-refractivity contribution is 0.0200. The molecule has 0 bridgehead atoms. The van der Waals surface area contributed by atoms with E-state index in [0.29, 0.717) is 12.3 Å². The number of anilines is 2. The van der Waals surface area contributed by atoms with Crippen LogP contribution in [0.15, 0.2) is 60.7 Å². The van der Waals surface area contributed by atoms with Gasteiger partial charge in [0.1, 0.15) is 11.5 Å². The molecule has 2 aliphatic heterocycles. The van der Waals surface area contributed by atoms with Crippen molar-refractivity contribution < 1.29 is 9.47 Å². The van der Waals surface area contributed by atoms with E-state index in [4.69, 9.17) is 15.2 Å². The van der Waals surface area contributed by atoms with Gasteiger partial charge in [-0.1, -0.05) is 24.3 Å². The highest BCUT2D eigenvalue weighted by Gasteiger charge is 2.49. The molecule has 0 fully saturated rings. The van der Waals surface area contributed by atoms with Crippen LogP contribution >= 0.6 is 0 Å². The van der Waals surface area contributed by atoms with Crippen LogP contribution in [0.1, 0.15) is 22.3 Å². The molecule has 0 aromatic heterocycles. The highest BCUT2D eigenvalue weighted by atomic mass is 16.5. The second kappa shape index (κ2) is 5.01. The summed E-state index contributed by atoms with van der Waals surface area (Å²) in [5.74, 6) is 1.54. The molecule has 1 unspecified atom stereocenters. The molecule has 4 nitrogen and oxygen atoms in total. The van der Waals surface area contributed by atoms with Gasteiger partial charge in [0.2, 0.25) is 0 Å². The van der Waals surface area contributed by atoms with Crippen LogP contribution in [0.3, 0.4) is 0 Å². The maximum absolute atomic E-state index is 6.48. The molecule has 5 rings (SSSR count). The maximum Gasteiger partial charge on any atom is 0.151 e. The molecule has 3 aromatic carbocycles. The molecule has 4 heteroatoms. The molecule has 2 heterocycles. The third-order valence-corrected chi connectivity index (χ3v) is 5.10. The molecule has 2 aliphatic rings. The van der Waals surface area contributed by atoms with Gasteiger partial charge < -0.3 is 20.5 Å². The van der Waals surface area contributed by atoms with Gasteiger partial charge in [0.15, 0.2) is 5.60 Å². The molecule has 0 radical (unpaired) electrons. The Bertz CT molecular complexity index is 999. The van der Waals surface area contributed by atoms with Crippen LogP contribution in [0.5, 0.6) is 11.5 Å². The van der Waals surface area contributed by atoms with Gasteiger partial charge in [-0.3, -0.25) is 0 Å². The van der Waals surface area contributed by atoms with Crippen LogP contribution in [0.4, 0.5) is 11.4 Å². The van der Waals surface area contributed by atoms with Crippen molar-refractivity contribution in [1.29, 1.82) is 0 Å². The minimum absolute atomic E-state index is 0.577. The Morgan fingerprint density at radius 1 is 0.920 bits per heavy atom. The second-order valence-electron chi connectivity index (χ2n) is 6.45. The zero-order valence-electron chi connectivity index (χ0n) is 13.9. The monoisotopic (exact) mass is 330 g/mol. The second-order valence-corrected chi connectivity index (χ2v) is 6.45. The molecule has 0 saturated heterocycles. The molecule has 0 saturated carbocycles. The molecular weight excluding hydrogens is 312 g/mol. The third kappa shape index (κ3) is 1.86. The molecule has 3 N–H and O–H groups in total. The Kier molecular flexibility index (Phi) is 2.88. The zero-order chi connectivity index (χ0) is 17.0. The Balaban J connectivity index is 1.85. The number of hydrogen-bond acceptors (Lipinski definition) is 4. The first-order valence-corrected chi connectivity index (χ1v) is 8.35. The summed E-state index contributed by atoms with van der Waals surface area (Å²) < 4.78 is 12.7. The SMILES string of the molecule is CNc1ccc2c(c1)Oc1cc(N)ccc1C21OCc2ccccc21. The number of nitrogen functional groups attached to an aromatic ring is 1. The summed E-state index contributed by atoms with van der Waals surface area (Å²) in [6.45, 7) is 0.577. The summed E-state index contributed by atoms with van der Waals surface area (Å²) in [4.78, 5) is 0. The van der Waals surface area contributed by atoms with E-state index in [1.54, 1.807) is 0 Å². The van der Waals surface area contributed by atoms with E-state index in [9.17, 15) is 0 Å². The predicted octanol–water partition coefficient (Wildman–Crippen LogP) is 4.24. The van der Waals surface area contributed by atoms with Gasteiger partial charge in [0.05, 0.1) is 6.61 Å². The number of nitrogens with two attached hydrogens (primary N) is 1. The summed E-state index contributed by atoms with van der Waals surface area (Å²) in [6.07, 6.45) is 0. The molecule has 25 heavy (non-hydrogen) atoms. The fraction of sp³-hybridized carbons (Fsp3) is 0.143. The molecule has 0 aliphatic carbocycles. The fourth-order valence-electron chi connectivity index (χ4n) is 3.93. The number of ether oxygens (including phenoxy) is 2. The average Bonchev–Trinajstić information content (AvgIpc) is 3.01. The summed E-state index contributed by atoms with van der Waals surface area (Å²) in [7, 11) is 1.90. The largest absolute Gasteiger partial charge is 0.456 e. The van der Waals surface area contributed by atoms with Crippen LogP contribution in [0, 0.1) is 0 Å². The lowest BCUT2D eigenvalue weighted by Gasteiger charge is -2.37. The lowest BCUT2D eigenvalue weighted by atomic mass is 9.77. The standard InChI is InChI=1S/C21H18N2O2/c1-23-15-7-9-18-20(11-15)25-19-10-14(22)6-8-17(19)21(18)16-5-3-2-4-13(16)12-24-21/h2-11,23H,12,22H2,1H3. The van der Waals surface area contributed by atoms with Crippen LogP contribution in [0.2, 0.25) is 0 Å². The first kappa shape index (κ1) is 14.4. The Morgan fingerprint density at radius 3 is 2.52 bits per heavy atom. The Morgan fingerprint density at radius 2 is 1.68 bits per heavy atom. The van der Waals surface area contributed by atoms with E-state index >= 15 is 0 Å². The molecular formula is C21H18N2O2. The van der Waals surface area contributed by atoms with Crippen molar-refractivity contribution in [2.45, 2.75) is 12.2 Å². The molecule has 1 spiro atoms. The van der Waals surface area contributed by atoms with E-state index in [2.05, 4.69) is 41.7 Å². The highest BCUT2D eigenvalue weighted by molar-refractivity contribution is 5.68. The quantitative estimate of drug-likeness (QED) is 0.655. The molecule has 0 amide bonds. The number of hydrogen-bond donors (Lipinski definition) is 2. The molecule has 3 aromatic rings. The van der Waals surface area contributed by atoms with Crippen molar-refractivity contribution in [3.05, 3.63) is 82.9 Å². The van der Waals surface area contributed by atoms with Gasteiger partial charge in [-0.05, 0) is 35.4 Å². The van der Waals surface area contributed by atoms with Crippen LogP contribution in [-0.2, 0) is 16.9 Å². The number of nitrogens with one attached hydrogen (secondary N) is 1. The minimum Gasteiger partial charge on any atom is -0.456 e. The lowest BCUT2D eigenvalue weighted by Crippen LogP contribution is -2.32. The molecule has 124 valence electrons. The van der Waals surface area contributed by atoms with Crippen molar-refractivity contribution in [1.82, 2.24) is 0 Å². The maximum atomic E-state index is 6.48. The number of fused-ring (bicyclic) bond motifs is 6. The van der Waals surface area contributed by atoms with Crippen molar-refractivity contribution >= 4 is 11.4 Å². The normalized spacial score (nSPS) is 19.7. The smallest absolute Gasteiger partial charge is 0.151 e.